The highest BCUT2D eigenvalue weighted by Gasteiger charge is 2.11. The average Bonchev–Trinajstić information content (AvgIpc) is 2.15. The Morgan fingerprint density at radius 1 is 1.31 bits per heavy atom. The molecular formula is C11H9FO4. The molecule has 0 heterocycles. The van der Waals surface area contributed by atoms with Crippen molar-refractivity contribution in [2.75, 3.05) is 0 Å². The average molecular weight is 224 g/mol. The molecule has 0 bridgehead atoms. The fraction of sp³-hybridized carbons (Fsp3) is 0.0909. The second-order valence-electron chi connectivity index (χ2n) is 3.10. The summed E-state index contributed by atoms with van der Waals surface area (Å²) >= 11 is 0. The SMILES string of the molecule is O=C(O)C/C(=C/c1cccc(F)c1)C(=O)O. The molecule has 0 saturated carbocycles. The maximum Gasteiger partial charge on any atom is 0.332 e. The van der Waals surface area contributed by atoms with E-state index in [1.807, 2.05) is 0 Å². The van der Waals surface area contributed by atoms with Crippen LogP contribution >= 0.6 is 0 Å². The number of carbonyl (C=O) groups is 2. The Kier molecular flexibility index (Phi) is 3.77. The topological polar surface area (TPSA) is 74.6 Å². The summed E-state index contributed by atoms with van der Waals surface area (Å²) in [5.74, 6) is -3.08. The number of benzene rings is 1. The summed E-state index contributed by atoms with van der Waals surface area (Å²) in [7, 11) is 0. The molecule has 0 aromatic heterocycles. The van der Waals surface area contributed by atoms with Crippen LogP contribution in [0.5, 0.6) is 0 Å². The van der Waals surface area contributed by atoms with Gasteiger partial charge in [-0.15, -0.1) is 0 Å². The van der Waals surface area contributed by atoms with Gasteiger partial charge in [-0.1, -0.05) is 12.1 Å². The number of aliphatic carboxylic acids is 2. The van der Waals surface area contributed by atoms with Gasteiger partial charge in [-0.05, 0) is 23.8 Å². The van der Waals surface area contributed by atoms with E-state index < -0.39 is 24.2 Å². The first kappa shape index (κ1) is 11.9. The van der Waals surface area contributed by atoms with Gasteiger partial charge in [-0.25, -0.2) is 9.18 Å². The quantitative estimate of drug-likeness (QED) is 0.764. The predicted octanol–water partition coefficient (Wildman–Crippen LogP) is 1.77. The van der Waals surface area contributed by atoms with E-state index >= 15 is 0 Å². The summed E-state index contributed by atoms with van der Waals surface area (Å²) < 4.78 is 12.8. The molecule has 0 atom stereocenters. The van der Waals surface area contributed by atoms with Gasteiger partial charge in [0, 0.05) is 5.57 Å². The molecule has 0 saturated heterocycles. The van der Waals surface area contributed by atoms with Crippen molar-refractivity contribution in [1.82, 2.24) is 0 Å². The van der Waals surface area contributed by atoms with Crippen molar-refractivity contribution in [3.05, 3.63) is 41.2 Å². The number of halogens is 1. The third kappa shape index (κ3) is 3.53. The summed E-state index contributed by atoms with van der Waals surface area (Å²) in [4.78, 5) is 21.1. The first-order chi connectivity index (χ1) is 7.49. The zero-order valence-electron chi connectivity index (χ0n) is 8.18. The third-order valence-corrected chi connectivity index (χ3v) is 1.81. The molecule has 16 heavy (non-hydrogen) atoms. The Labute approximate surface area is 90.6 Å². The molecule has 0 amide bonds. The largest absolute Gasteiger partial charge is 0.481 e. The fourth-order valence-corrected chi connectivity index (χ4v) is 1.15. The number of hydrogen-bond donors (Lipinski definition) is 2. The lowest BCUT2D eigenvalue weighted by Gasteiger charge is -1.99. The molecule has 0 aliphatic heterocycles. The van der Waals surface area contributed by atoms with Crippen LogP contribution in [-0.4, -0.2) is 22.2 Å². The molecule has 2 N–H and O–H groups in total. The normalized spacial score (nSPS) is 11.2. The molecule has 0 unspecified atom stereocenters. The van der Waals surface area contributed by atoms with E-state index in [9.17, 15) is 14.0 Å². The van der Waals surface area contributed by atoms with E-state index in [4.69, 9.17) is 10.2 Å². The van der Waals surface area contributed by atoms with Crippen LogP contribution < -0.4 is 0 Å². The molecule has 5 heteroatoms. The zero-order chi connectivity index (χ0) is 12.1. The minimum Gasteiger partial charge on any atom is -0.481 e. The summed E-state index contributed by atoms with van der Waals surface area (Å²) in [6.07, 6.45) is 0.533. The van der Waals surface area contributed by atoms with Crippen LogP contribution in [0.1, 0.15) is 12.0 Å². The van der Waals surface area contributed by atoms with Crippen LogP contribution in [-0.2, 0) is 9.59 Å². The van der Waals surface area contributed by atoms with E-state index in [1.165, 1.54) is 18.2 Å². The van der Waals surface area contributed by atoms with Gasteiger partial charge in [-0.2, -0.15) is 0 Å². The van der Waals surface area contributed by atoms with Gasteiger partial charge in [0.2, 0.25) is 0 Å². The van der Waals surface area contributed by atoms with E-state index in [0.717, 1.165) is 12.1 Å². The van der Waals surface area contributed by atoms with Gasteiger partial charge in [-0.3, -0.25) is 4.79 Å². The Bertz CT molecular complexity index is 451. The second kappa shape index (κ2) is 5.06. The maximum absolute atomic E-state index is 12.8. The fourth-order valence-electron chi connectivity index (χ4n) is 1.15. The first-order valence-electron chi connectivity index (χ1n) is 4.40. The lowest BCUT2D eigenvalue weighted by Crippen LogP contribution is -2.06. The molecule has 4 nitrogen and oxygen atoms in total. The first-order valence-corrected chi connectivity index (χ1v) is 4.40. The highest BCUT2D eigenvalue weighted by atomic mass is 19.1. The minimum absolute atomic E-state index is 0.293. The molecule has 1 aromatic carbocycles. The number of carboxylic acids is 2. The van der Waals surface area contributed by atoms with Crippen molar-refractivity contribution >= 4 is 18.0 Å². The van der Waals surface area contributed by atoms with Gasteiger partial charge in [0.15, 0.2) is 0 Å². The van der Waals surface area contributed by atoms with E-state index in [1.54, 1.807) is 0 Å². The Morgan fingerprint density at radius 2 is 2.00 bits per heavy atom. The van der Waals surface area contributed by atoms with Gasteiger partial charge in [0.25, 0.3) is 0 Å². The van der Waals surface area contributed by atoms with Crippen molar-refractivity contribution in [2.45, 2.75) is 6.42 Å². The maximum atomic E-state index is 12.8. The van der Waals surface area contributed by atoms with E-state index in [2.05, 4.69) is 0 Å². The molecular weight excluding hydrogens is 215 g/mol. The van der Waals surface area contributed by atoms with Crippen molar-refractivity contribution in [2.24, 2.45) is 0 Å². The lowest BCUT2D eigenvalue weighted by molar-refractivity contribution is -0.139. The molecule has 1 rings (SSSR count). The second-order valence-corrected chi connectivity index (χ2v) is 3.10. The molecule has 0 radical (unpaired) electrons. The zero-order valence-corrected chi connectivity index (χ0v) is 8.18. The van der Waals surface area contributed by atoms with Crippen LogP contribution in [0.15, 0.2) is 29.8 Å². The smallest absolute Gasteiger partial charge is 0.332 e. The number of hydrogen-bond acceptors (Lipinski definition) is 2. The highest BCUT2D eigenvalue weighted by molar-refractivity contribution is 5.96. The summed E-state index contributed by atoms with van der Waals surface area (Å²) in [5.41, 5.74) is 0.0248. The van der Waals surface area contributed by atoms with Gasteiger partial charge >= 0.3 is 11.9 Å². The predicted molar refractivity (Wildman–Crippen MR) is 54.3 cm³/mol. The van der Waals surface area contributed by atoms with Gasteiger partial charge in [0.1, 0.15) is 5.82 Å². The van der Waals surface area contributed by atoms with E-state index in [0.29, 0.717) is 5.56 Å². The van der Waals surface area contributed by atoms with Crippen molar-refractivity contribution in [3.8, 4) is 0 Å². The molecule has 0 aliphatic rings. The van der Waals surface area contributed by atoms with Gasteiger partial charge < -0.3 is 10.2 Å². The number of carboxylic acid groups (broad SMARTS) is 2. The summed E-state index contributed by atoms with van der Waals surface area (Å²) in [6, 6.07) is 5.26. The molecule has 0 spiro atoms. The van der Waals surface area contributed by atoms with Crippen LogP contribution in [0, 0.1) is 5.82 Å². The molecule has 0 aliphatic carbocycles. The summed E-state index contributed by atoms with van der Waals surface area (Å²) in [5, 5.41) is 17.2. The van der Waals surface area contributed by atoms with Gasteiger partial charge in [0.05, 0.1) is 6.42 Å². The lowest BCUT2D eigenvalue weighted by atomic mass is 10.1. The molecule has 1 aromatic rings. The van der Waals surface area contributed by atoms with Crippen molar-refractivity contribution in [1.29, 1.82) is 0 Å². The Morgan fingerprint density at radius 3 is 2.50 bits per heavy atom. The Balaban J connectivity index is 3.02. The monoisotopic (exact) mass is 224 g/mol. The van der Waals surface area contributed by atoms with Crippen molar-refractivity contribution < 1.29 is 24.2 Å². The summed E-state index contributed by atoms with van der Waals surface area (Å²) in [6.45, 7) is 0. The molecule has 84 valence electrons. The minimum atomic E-state index is -1.33. The van der Waals surface area contributed by atoms with Crippen LogP contribution in [0.25, 0.3) is 6.08 Å². The van der Waals surface area contributed by atoms with E-state index in [-0.39, 0.29) is 5.57 Å². The Hall–Kier alpha value is -2.17. The van der Waals surface area contributed by atoms with Crippen LogP contribution in [0.4, 0.5) is 4.39 Å². The van der Waals surface area contributed by atoms with Crippen LogP contribution in [0.3, 0.4) is 0 Å². The highest BCUT2D eigenvalue weighted by Crippen LogP contribution is 2.11. The standard InChI is InChI=1S/C11H9FO4/c12-9-3-1-2-7(5-9)4-8(11(15)16)6-10(13)14/h1-5H,6H2,(H,13,14)(H,15,16)/b8-4-. The third-order valence-electron chi connectivity index (χ3n) is 1.81. The van der Waals surface area contributed by atoms with Crippen molar-refractivity contribution in [3.63, 3.8) is 0 Å². The van der Waals surface area contributed by atoms with Crippen LogP contribution in [0.2, 0.25) is 0 Å². The number of rotatable bonds is 4. The molecule has 0 fully saturated rings.